The Balaban J connectivity index is 1.93. The molecule has 6 fully saturated rings. The lowest BCUT2D eigenvalue weighted by molar-refractivity contribution is -0.350. The molecule has 15 heavy (non-hydrogen) atoms. The van der Waals surface area contributed by atoms with Gasteiger partial charge in [0.15, 0.2) is 0 Å². The van der Waals surface area contributed by atoms with Gasteiger partial charge in [-0.2, -0.15) is 0 Å². The van der Waals surface area contributed by atoms with Crippen LogP contribution in [-0.4, -0.2) is 17.4 Å². The lowest BCUT2D eigenvalue weighted by Gasteiger charge is -2.61. The molecule has 0 amide bonds. The van der Waals surface area contributed by atoms with Crippen LogP contribution in [0.25, 0.3) is 0 Å². The summed E-state index contributed by atoms with van der Waals surface area (Å²) in [4.78, 5) is 12.2. The molecule has 0 aromatic heterocycles. The number of esters is 1. The molecule has 0 N–H and O–H groups in total. The minimum atomic E-state index is -0.615. The highest BCUT2D eigenvalue weighted by Gasteiger charge is 2.78. The second kappa shape index (κ2) is 2.10. The Labute approximate surface area is 89.1 Å². The predicted octanol–water partition coefficient (Wildman–Crippen LogP) is 2.00. The summed E-state index contributed by atoms with van der Waals surface area (Å²) in [5.41, 5.74) is -0.360. The van der Waals surface area contributed by atoms with Gasteiger partial charge in [0.2, 0.25) is 5.79 Å². The second-order valence-corrected chi connectivity index (χ2v) is 5.88. The average molecular weight is 208 g/mol. The molecule has 2 aliphatic carbocycles. The number of carbonyl (C=O) groups excluding carboxylic acids is 1. The summed E-state index contributed by atoms with van der Waals surface area (Å²) in [5.74, 6) is -0.0322. The standard InChI is InChI=1S/C12H16O3/c1-10-6-3-8-7-11(15-10)4-2-5-12(8,11)9(13)14-10/h8H,2-7H2,1H3/t8?,10-,11+,12+/m0/s1. The molecule has 4 heterocycles. The molecule has 0 aromatic carbocycles. The third-order valence-electron chi connectivity index (χ3n) is 5.27. The zero-order chi connectivity index (χ0) is 10.3. The summed E-state index contributed by atoms with van der Waals surface area (Å²) in [7, 11) is 0. The van der Waals surface area contributed by atoms with E-state index in [0.717, 1.165) is 38.5 Å². The molecule has 2 spiro atoms. The summed E-state index contributed by atoms with van der Waals surface area (Å²) in [6.45, 7) is 1.93. The molecular weight excluding hydrogens is 192 g/mol. The van der Waals surface area contributed by atoms with E-state index in [0.29, 0.717) is 5.92 Å². The fourth-order valence-electron chi connectivity index (χ4n) is 4.65. The molecule has 4 saturated heterocycles. The first kappa shape index (κ1) is 8.57. The monoisotopic (exact) mass is 208 g/mol. The summed E-state index contributed by atoms with van der Waals surface area (Å²) in [5, 5.41) is 0. The van der Waals surface area contributed by atoms with Crippen molar-refractivity contribution in [2.75, 3.05) is 0 Å². The number of fused-ring (bicyclic) bond motifs is 1. The third-order valence-corrected chi connectivity index (χ3v) is 5.27. The molecule has 4 bridgehead atoms. The maximum atomic E-state index is 12.2. The van der Waals surface area contributed by atoms with Gasteiger partial charge in [0.05, 0.1) is 5.60 Å². The zero-order valence-corrected chi connectivity index (χ0v) is 9.04. The number of hydrogen-bond donors (Lipinski definition) is 0. The first-order valence-corrected chi connectivity index (χ1v) is 6.04. The van der Waals surface area contributed by atoms with E-state index in [-0.39, 0.29) is 17.0 Å². The van der Waals surface area contributed by atoms with Gasteiger partial charge < -0.3 is 9.47 Å². The van der Waals surface area contributed by atoms with E-state index in [1.54, 1.807) is 0 Å². The van der Waals surface area contributed by atoms with Crippen LogP contribution >= 0.6 is 0 Å². The van der Waals surface area contributed by atoms with Crippen molar-refractivity contribution in [1.82, 2.24) is 0 Å². The quantitative estimate of drug-likeness (QED) is 0.571. The van der Waals surface area contributed by atoms with Crippen LogP contribution < -0.4 is 0 Å². The van der Waals surface area contributed by atoms with Gasteiger partial charge in [0.25, 0.3) is 0 Å². The maximum Gasteiger partial charge on any atom is 0.317 e. The topological polar surface area (TPSA) is 35.5 Å². The van der Waals surface area contributed by atoms with Crippen LogP contribution in [0.2, 0.25) is 0 Å². The summed E-state index contributed by atoms with van der Waals surface area (Å²) < 4.78 is 11.7. The van der Waals surface area contributed by atoms with Crippen molar-refractivity contribution in [3.8, 4) is 0 Å². The summed E-state index contributed by atoms with van der Waals surface area (Å²) in [6.07, 6.45) is 6.26. The Bertz CT molecular complexity index is 366. The van der Waals surface area contributed by atoms with Crippen LogP contribution in [0.5, 0.6) is 0 Å². The molecule has 3 nitrogen and oxygen atoms in total. The van der Waals surface area contributed by atoms with E-state index in [1.165, 1.54) is 0 Å². The molecule has 2 saturated carbocycles. The van der Waals surface area contributed by atoms with Crippen LogP contribution in [0.15, 0.2) is 0 Å². The van der Waals surface area contributed by atoms with Crippen LogP contribution in [-0.2, 0) is 14.3 Å². The van der Waals surface area contributed by atoms with E-state index >= 15 is 0 Å². The number of ether oxygens (including phenoxy) is 2. The van der Waals surface area contributed by atoms with Crippen molar-refractivity contribution in [2.24, 2.45) is 11.3 Å². The lowest BCUT2D eigenvalue weighted by Crippen LogP contribution is -2.70. The second-order valence-electron chi connectivity index (χ2n) is 5.88. The van der Waals surface area contributed by atoms with Crippen LogP contribution in [0.1, 0.15) is 45.4 Å². The third kappa shape index (κ3) is 0.690. The largest absolute Gasteiger partial charge is 0.433 e. The Morgan fingerprint density at radius 1 is 1.33 bits per heavy atom. The number of rotatable bonds is 0. The number of carbonyl (C=O) groups is 1. The van der Waals surface area contributed by atoms with Gasteiger partial charge in [-0.3, -0.25) is 4.79 Å². The molecule has 0 radical (unpaired) electrons. The minimum Gasteiger partial charge on any atom is -0.433 e. The molecule has 1 unspecified atom stereocenters. The van der Waals surface area contributed by atoms with E-state index in [9.17, 15) is 4.79 Å². The first-order valence-electron chi connectivity index (χ1n) is 6.04. The molecule has 82 valence electrons. The Morgan fingerprint density at radius 2 is 2.20 bits per heavy atom. The predicted molar refractivity (Wildman–Crippen MR) is 51.9 cm³/mol. The molecular formula is C12H16O3. The van der Waals surface area contributed by atoms with Crippen LogP contribution in [0.4, 0.5) is 0 Å². The first-order chi connectivity index (χ1) is 7.10. The van der Waals surface area contributed by atoms with Crippen LogP contribution in [0.3, 0.4) is 0 Å². The van der Waals surface area contributed by atoms with Crippen molar-refractivity contribution >= 4 is 5.97 Å². The van der Waals surface area contributed by atoms with Crippen molar-refractivity contribution in [3.63, 3.8) is 0 Å². The van der Waals surface area contributed by atoms with E-state index in [4.69, 9.17) is 9.47 Å². The van der Waals surface area contributed by atoms with Gasteiger partial charge in [0, 0.05) is 13.3 Å². The van der Waals surface area contributed by atoms with Crippen molar-refractivity contribution in [2.45, 2.75) is 56.8 Å². The molecule has 6 rings (SSSR count). The van der Waals surface area contributed by atoms with E-state index in [2.05, 4.69) is 0 Å². The maximum absolute atomic E-state index is 12.2. The van der Waals surface area contributed by atoms with E-state index in [1.807, 2.05) is 6.92 Å². The van der Waals surface area contributed by atoms with Crippen molar-refractivity contribution < 1.29 is 14.3 Å². The Morgan fingerprint density at radius 3 is 3.07 bits per heavy atom. The SMILES string of the molecule is C[C@]12CCC3C[C@@]4(CCC[C@]34C(=O)O1)O2. The highest BCUT2D eigenvalue weighted by molar-refractivity contribution is 5.82. The fourth-order valence-corrected chi connectivity index (χ4v) is 4.65. The number of hydrogen-bond acceptors (Lipinski definition) is 3. The molecule has 4 aliphatic heterocycles. The zero-order valence-electron chi connectivity index (χ0n) is 9.04. The minimum absolute atomic E-state index is 0.0440. The molecule has 3 heteroatoms. The van der Waals surface area contributed by atoms with Gasteiger partial charge in [0.1, 0.15) is 5.41 Å². The van der Waals surface area contributed by atoms with Gasteiger partial charge in [-0.1, -0.05) is 0 Å². The smallest absolute Gasteiger partial charge is 0.317 e. The van der Waals surface area contributed by atoms with Crippen molar-refractivity contribution in [3.05, 3.63) is 0 Å². The Kier molecular flexibility index (Phi) is 1.20. The lowest BCUT2D eigenvalue weighted by atomic mass is 9.50. The van der Waals surface area contributed by atoms with Gasteiger partial charge in [-0.15, -0.1) is 0 Å². The van der Waals surface area contributed by atoms with E-state index < -0.39 is 5.79 Å². The highest BCUT2D eigenvalue weighted by Crippen LogP contribution is 2.72. The fraction of sp³-hybridized carbons (Fsp3) is 0.917. The van der Waals surface area contributed by atoms with Crippen LogP contribution in [0, 0.1) is 11.3 Å². The summed E-state index contributed by atoms with van der Waals surface area (Å²) >= 11 is 0. The van der Waals surface area contributed by atoms with Gasteiger partial charge in [-0.05, 0) is 38.0 Å². The van der Waals surface area contributed by atoms with Gasteiger partial charge in [-0.25, -0.2) is 0 Å². The normalized spacial score (nSPS) is 60.6. The van der Waals surface area contributed by atoms with Crippen molar-refractivity contribution in [1.29, 1.82) is 0 Å². The molecule has 0 aromatic rings. The van der Waals surface area contributed by atoms with Gasteiger partial charge >= 0.3 is 5.97 Å². The average Bonchev–Trinajstić information content (AvgIpc) is 2.25. The molecule has 6 aliphatic rings. The highest BCUT2D eigenvalue weighted by atomic mass is 16.7. The Hall–Kier alpha value is -0.570. The summed E-state index contributed by atoms with van der Waals surface area (Å²) in [6, 6.07) is 0. The molecule has 4 atom stereocenters.